The fraction of sp³-hybridized carbons (Fsp3) is 0.0909. The van der Waals surface area contributed by atoms with Crippen molar-refractivity contribution in [1.29, 1.82) is 0 Å². The van der Waals surface area contributed by atoms with Crippen LogP contribution < -0.4 is 0 Å². The predicted octanol–water partition coefficient (Wildman–Crippen LogP) is 5.43. The van der Waals surface area contributed by atoms with E-state index in [1.54, 1.807) is 12.3 Å². The minimum atomic E-state index is 0.856. The number of nitrogens with one attached hydrogen (secondary N) is 2. The standard InChI is InChI=1S/C22H22N4/c1-5-7-9-18-15(3)25-13-20(18)16(4)24-12-17(6-2)21-14-26-22-19(21)10-8-11-23-22/h5-14,25H,1-2H2,3-4H3,(H,23,26)/b9-7-,17-12+,24-16?. The van der Waals surface area contributed by atoms with Crippen LogP contribution >= 0.6 is 0 Å². The van der Waals surface area contributed by atoms with Crippen LogP contribution in [0.3, 0.4) is 0 Å². The molecule has 0 aromatic carbocycles. The van der Waals surface area contributed by atoms with Gasteiger partial charge in [0.05, 0.1) is 0 Å². The maximum atomic E-state index is 4.68. The highest BCUT2D eigenvalue weighted by atomic mass is 14.8. The van der Waals surface area contributed by atoms with Gasteiger partial charge in [-0.05, 0) is 26.0 Å². The summed E-state index contributed by atoms with van der Waals surface area (Å²) in [6, 6.07) is 3.96. The zero-order valence-corrected chi connectivity index (χ0v) is 15.1. The van der Waals surface area contributed by atoms with Crippen molar-refractivity contribution in [3.8, 4) is 0 Å². The highest BCUT2D eigenvalue weighted by molar-refractivity contribution is 6.03. The third-order valence-electron chi connectivity index (χ3n) is 4.30. The van der Waals surface area contributed by atoms with Gasteiger partial charge in [0.2, 0.25) is 0 Å². The first kappa shape index (κ1) is 17.4. The molecule has 3 heterocycles. The molecule has 0 aliphatic carbocycles. The van der Waals surface area contributed by atoms with Crippen LogP contribution in [-0.2, 0) is 0 Å². The number of hydrogen-bond acceptors (Lipinski definition) is 2. The molecule has 0 unspecified atom stereocenters. The lowest BCUT2D eigenvalue weighted by Crippen LogP contribution is -1.94. The van der Waals surface area contributed by atoms with E-state index >= 15 is 0 Å². The molecule has 0 spiro atoms. The van der Waals surface area contributed by atoms with Crippen LogP contribution in [0.5, 0.6) is 0 Å². The number of fused-ring (bicyclic) bond motifs is 1. The van der Waals surface area contributed by atoms with E-state index < -0.39 is 0 Å². The summed E-state index contributed by atoms with van der Waals surface area (Å²) in [7, 11) is 0. The van der Waals surface area contributed by atoms with E-state index in [-0.39, 0.29) is 0 Å². The summed E-state index contributed by atoms with van der Waals surface area (Å²) in [4.78, 5) is 15.5. The molecule has 4 nitrogen and oxygen atoms in total. The lowest BCUT2D eigenvalue weighted by atomic mass is 10.1. The number of aromatic amines is 2. The third kappa shape index (κ3) is 3.35. The average molecular weight is 342 g/mol. The summed E-state index contributed by atoms with van der Waals surface area (Å²) < 4.78 is 0. The second kappa shape index (κ2) is 7.66. The highest BCUT2D eigenvalue weighted by Gasteiger charge is 2.09. The first-order valence-corrected chi connectivity index (χ1v) is 8.42. The van der Waals surface area contributed by atoms with Crippen LogP contribution in [0.4, 0.5) is 0 Å². The molecule has 0 bridgehead atoms. The van der Waals surface area contributed by atoms with Crippen LogP contribution in [-0.4, -0.2) is 20.7 Å². The van der Waals surface area contributed by atoms with Gasteiger partial charge in [-0.15, -0.1) is 0 Å². The summed E-state index contributed by atoms with van der Waals surface area (Å²) >= 11 is 0. The number of H-pyrrole nitrogens is 2. The molecule has 3 aromatic rings. The zero-order chi connectivity index (χ0) is 18.5. The van der Waals surface area contributed by atoms with Crippen molar-refractivity contribution in [2.75, 3.05) is 0 Å². The van der Waals surface area contributed by atoms with Gasteiger partial charge in [0.25, 0.3) is 0 Å². The number of aromatic nitrogens is 3. The first-order chi connectivity index (χ1) is 12.7. The topological polar surface area (TPSA) is 56.8 Å². The molecule has 2 N–H and O–H groups in total. The predicted molar refractivity (Wildman–Crippen MR) is 111 cm³/mol. The molecule has 4 heteroatoms. The minimum Gasteiger partial charge on any atom is -0.364 e. The van der Waals surface area contributed by atoms with Crippen LogP contribution in [0.15, 0.2) is 73.3 Å². The summed E-state index contributed by atoms with van der Waals surface area (Å²) in [6.45, 7) is 11.7. The molecule has 26 heavy (non-hydrogen) atoms. The molecule has 3 rings (SSSR count). The number of pyridine rings is 1. The summed E-state index contributed by atoms with van der Waals surface area (Å²) in [5.41, 5.74) is 7.06. The Balaban J connectivity index is 1.99. The van der Waals surface area contributed by atoms with Crippen molar-refractivity contribution < 1.29 is 0 Å². The Morgan fingerprint density at radius 3 is 2.77 bits per heavy atom. The minimum absolute atomic E-state index is 0.856. The van der Waals surface area contributed by atoms with E-state index in [1.165, 1.54) is 0 Å². The van der Waals surface area contributed by atoms with Crippen molar-refractivity contribution in [3.63, 3.8) is 0 Å². The van der Waals surface area contributed by atoms with Crippen molar-refractivity contribution in [2.24, 2.45) is 4.99 Å². The Morgan fingerprint density at radius 1 is 1.19 bits per heavy atom. The fourth-order valence-corrected chi connectivity index (χ4v) is 2.88. The van der Waals surface area contributed by atoms with Gasteiger partial charge in [-0.1, -0.05) is 37.5 Å². The zero-order valence-electron chi connectivity index (χ0n) is 15.1. The van der Waals surface area contributed by atoms with E-state index in [2.05, 4.69) is 33.1 Å². The molecule has 0 saturated carbocycles. The van der Waals surface area contributed by atoms with Crippen LogP contribution in [0, 0.1) is 6.92 Å². The number of nitrogens with zero attached hydrogens (tertiary/aromatic N) is 2. The monoisotopic (exact) mass is 342 g/mol. The lowest BCUT2D eigenvalue weighted by molar-refractivity contribution is 1.26. The summed E-state index contributed by atoms with van der Waals surface area (Å²) in [6.07, 6.45) is 15.1. The van der Waals surface area contributed by atoms with Crippen LogP contribution in [0.25, 0.3) is 22.7 Å². The second-order valence-corrected chi connectivity index (χ2v) is 5.94. The fourth-order valence-electron chi connectivity index (χ4n) is 2.88. The highest BCUT2D eigenvalue weighted by Crippen LogP contribution is 2.25. The molecule has 130 valence electrons. The molecule has 0 amide bonds. The van der Waals surface area contributed by atoms with Gasteiger partial charge in [-0.3, -0.25) is 4.99 Å². The van der Waals surface area contributed by atoms with Crippen molar-refractivity contribution in [2.45, 2.75) is 13.8 Å². The van der Waals surface area contributed by atoms with Crippen molar-refractivity contribution in [3.05, 3.63) is 90.7 Å². The molecule has 0 atom stereocenters. The van der Waals surface area contributed by atoms with Crippen LogP contribution in [0.1, 0.15) is 29.3 Å². The van der Waals surface area contributed by atoms with Gasteiger partial charge in [-0.2, -0.15) is 0 Å². The lowest BCUT2D eigenvalue weighted by Gasteiger charge is -2.02. The molecule has 0 saturated heterocycles. The van der Waals surface area contributed by atoms with Gasteiger partial charge >= 0.3 is 0 Å². The molecule has 0 radical (unpaired) electrons. The molecule has 0 fully saturated rings. The molecule has 3 aromatic heterocycles. The Kier molecular flexibility index (Phi) is 5.13. The number of allylic oxidation sites excluding steroid dienone is 4. The van der Waals surface area contributed by atoms with Gasteiger partial charge in [0, 0.05) is 63.8 Å². The Hall–Kier alpha value is -3.40. The SMILES string of the molecule is C=C/C=C\c1c(C(C)=N/C=C(\C=C)c2c[nH]c3ncccc23)c[nH]c1C. The van der Waals surface area contributed by atoms with Gasteiger partial charge < -0.3 is 9.97 Å². The Bertz CT molecular complexity index is 1040. The van der Waals surface area contributed by atoms with Gasteiger partial charge in [0.1, 0.15) is 5.65 Å². The van der Waals surface area contributed by atoms with E-state index in [1.807, 2.05) is 62.8 Å². The maximum Gasteiger partial charge on any atom is 0.137 e. The van der Waals surface area contributed by atoms with Crippen molar-refractivity contribution >= 4 is 28.4 Å². The van der Waals surface area contributed by atoms with E-state index in [4.69, 9.17) is 0 Å². The maximum absolute atomic E-state index is 4.68. The quantitative estimate of drug-likeness (QED) is 0.455. The number of aryl methyl sites for hydroxylation is 1. The number of hydrogen-bond donors (Lipinski definition) is 2. The number of aliphatic imine (C=N–C) groups is 1. The molecule has 0 aliphatic rings. The molecule has 0 aliphatic heterocycles. The van der Waals surface area contributed by atoms with E-state index in [9.17, 15) is 0 Å². The summed E-state index contributed by atoms with van der Waals surface area (Å²) in [5.74, 6) is 0. The first-order valence-electron chi connectivity index (χ1n) is 8.42. The van der Waals surface area contributed by atoms with Gasteiger partial charge in [0.15, 0.2) is 0 Å². The summed E-state index contributed by atoms with van der Waals surface area (Å²) in [5, 5.41) is 1.05. The van der Waals surface area contributed by atoms with Crippen molar-refractivity contribution in [1.82, 2.24) is 15.0 Å². The Morgan fingerprint density at radius 2 is 2.00 bits per heavy atom. The average Bonchev–Trinajstić information content (AvgIpc) is 3.24. The van der Waals surface area contributed by atoms with E-state index in [0.29, 0.717) is 0 Å². The normalized spacial score (nSPS) is 12.8. The second-order valence-electron chi connectivity index (χ2n) is 5.94. The largest absolute Gasteiger partial charge is 0.364 e. The number of rotatable bonds is 6. The van der Waals surface area contributed by atoms with E-state index in [0.717, 1.165) is 44.7 Å². The molecular weight excluding hydrogens is 320 g/mol. The smallest absolute Gasteiger partial charge is 0.137 e. The third-order valence-corrected chi connectivity index (χ3v) is 4.30. The van der Waals surface area contributed by atoms with Crippen LogP contribution in [0.2, 0.25) is 0 Å². The van der Waals surface area contributed by atoms with Gasteiger partial charge in [-0.25, -0.2) is 4.98 Å². The Labute approximate surface area is 153 Å². The molecular formula is C22H22N4.